The Balaban J connectivity index is 2.58. The lowest BCUT2D eigenvalue weighted by molar-refractivity contribution is 0.0982. The molecular weight excluding hydrogens is 185 g/mol. The molecule has 0 aromatic heterocycles. The number of halogens is 1. The number of hydrogen-bond acceptors (Lipinski definition) is 3. The maximum atomic E-state index is 13.0. The Kier molecular flexibility index (Phi) is 2.11. The second-order valence-electron chi connectivity index (χ2n) is 3.25. The first-order valence-corrected chi connectivity index (χ1v) is 4.43. The molecule has 0 atom stereocenters. The smallest absolute Gasteiger partial charge is 0.166 e. The number of nitrogens with two attached hydrogens (primary N) is 1. The zero-order valence-corrected chi connectivity index (χ0v) is 7.55. The molecule has 0 bridgehead atoms. The summed E-state index contributed by atoms with van der Waals surface area (Å²) in [5.74, 6) is -0.280. The summed E-state index contributed by atoms with van der Waals surface area (Å²) >= 11 is 0. The minimum absolute atomic E-state index is 0.108. The third-order valence-corrected chi connectivity index (χ3v) is 2.18. The van der Waals surface area contributed by atoms with E-state index in [0.29, 0.717) is 25.2 Å². The van der Waals surface area contributed by atoms with E-state index in [1.54, 1.807) is 0 Å². The second kappa shape index (κ2) is 3.29. The van der Waals surface area contributed by atoms with E-state index in [0.717, 1.165) is 6.07 Å². The Bertz CT molecular complexity index is 390. The van der Waals surface area contributed by atoms with Gasteiger partial charge in [0.1, 0.15) is 5.82 Å². The van der Waals surface area contributed by atoms with Gasteiger partial charge in [-0.1, -0.05) is 0 Å². The number of hydrogen-bond donors (Lipinski definition) is 1. The zero-order chi connectivity index (χ0) is 10.1. The van der Waals surface area contributed by atoms with Crippen LogP contribution in [-0.2, 0) is 0 Å². The molecule has 4 heteroatoms. The van der Waals surface area contributed by atoms with Gasteiger partial charge in [0.05, 0.1) is 17.9 Å². The van der Waals surface area contributed by atoms with Crippen molar-refractivity contribution in [2.24, 2.45) is 0 Å². The van der Waals surface area contributed by atoms with Gasteiger partial charge in [-0.2, -0.15) is 0 Å². The fraction of sp³-hybridized carbons (Fsp3) is 0.300. The lowest BCUT2D eigenvalue weighted by Crippen LogP contribution is -2.02. The summed E-state index contributed by atoms with van der Waals surface area (Å²) < 4.78 is 18.3. The van der Waals surface area contributed by atoms with Crippen LogP contribution in [0.15, 0.2) is 12.1 Å². The molecule has 0 aliphatic carbocycles. The maximum Gasteiger partial charge on any atom is 0.166 e. The van der Waals surface area contributed by atoms with Crippen LogP contribution in [0.1, 0.15) is 23.2 Å². The predicted molar refractivity (Wildman–Crippen MR) is 49.9 cm³/mol. The summed E-state index contributed by atoms with van der Waals surface area (Å²) in [7, 11) is 0. The highest BCUT2D eigenvalue weighted by molar-refractivity contribution is 6.00. The summed E-state index contributed by atoms with van der Waals surface area (Å²) in [6, 6.07) is 2.34. The van der Waals surface area contributed by atoms with Crippen LogP contribution in [0.5, 0.6) is 5.75 Å². The molecule has 2 rings (SSSR count). The number of benzene rings is 1. The van der Waals surface area contributed by atoms with Gasteiger partial charge in [0.15, 0.2) is 11.5 Å². The minimum atomic E-state index is -0.500. The maximum absolute atomic E-state index is 13.0. The Morgan fingerprint density at radius 3 is 3.00 bits per heavy atom. The highest BCUT2D eigenvalue weighted by Gasteiger charge is 2.19. The van der Waals surface area contributed by atoms with Gasteiger partial charge in [-0.15, -0.1) is 0 Å². The molecule has 14 heavy (non-hydrogen) atoms. The number of Topliss-reactive ketones (excluding diaryl/α,β-unsaturated/α-hetero) is 1. The van der Waals surface area contributed by atoms with Crippen molar-refractivity contribution in [3.8, 4) is 5.75 Å². The van der Waals surface area contributed by atoms with Gasteiger partial charge in [0, 0.05) is 12.5 Å². The van der Waals surface area contributed by atoms with Crippen LogP contribution in [0.4, 0.5) is 10.1 Å². The molecule has 0 saturated carbocycles. The van der Waals surface area contributed by atoms with Crippen LogP contribution in [-0.4, -0.2) is 12.4 Å². The molecule has 1 aliphatic heterocycles. The van der Waals surface area contributed by atoms with Crippen molar-refractivity contribution in [1.82, 2.24) is 0 Å². The number of rotatable bonds is 0. The van der Waals surface area contributed by atoms with E-state index >= 15 is 0 Å². The molecule has 1 aromatic carbocycles. The number of fused-ring (bicyclic) bond motifs is 1. The second-order valence-corrected chi connectivity index (χ2v) is 3.25. The molecule has 74 valence electrons. The summed E-state index contributed by atoms with van der Waals surface area (Å²) in [6.45, 7) is 0.453. The lowest BCUT2D eigenvalue weighted by atomic mass is 10.1. The van der Waals surface area contributed by atoms with E-state index in [4.69, 9.17) is 10.5 Å². The fourth-order valence-electron chi connectivity index (χ4n) is 1.52. The number of ether oxygens (including phenoxy) is 1. The normalized spacial score (nSPS) is 15.6. The first-order chi connectivity index (χ1) is 6.68. The van der Waals surface area contributed by atoms with Crippen molar-refractivity contribution in [1.29, 1.82) is 0 Å². The van der Waals surface area contributed by atoms with Gasteiger partial charge >= 0.3 is 0 Å². The first kappa shape index (κ1) is 8.99. The first-order valence-electron chi connectivity index (χ1n) is 4.43. The van der Waals surface area contributed by atoms with Crippen molar-refractivity contribution >= 4 is 11.5 Å². The molecule has 0 spiro atoms. The SMILES string of the molecule is Nc1cc(F)cc2c1OCCCC2=O. The van der Waals surface area contributed by atoms with Crippen molar-refractivity contribution in [3.05, 3.63) is 23.5 Å². The molecule has 1 heterocycles. The average molecular weight is 195 g/mol. The van der Waals surface area contributed by atoms with Gasteiger partial charge in [0.2, 0.25) is 0 Å². The molecule has 1 aliphatic rings. The largest absolute Gasteiger partial charge is 0.491 e. The Morgan fingerprint density at radius 2 is 2.21 bits per heavy atom. The highest BCUT2D eigenvalue weighted by atomic mass is 19.1. The minimum Gasteiger partial charge on any atom is -0.491 e. The van der Waals surface area contributed by atoms with E-state index in [1.165, 1.54) is 6.07 Å². The summed E-state index contributed by atoms with van der Waals surface area (Å²) in [5, 5.41) is 0. The number of anilines is 1. The molecule has 0 saturated heterocycles. The van der Waals surface area contributed by atoms with E-state index in [2.05, 4.69) is 0 Å². The highest BCUT2D eigenvalue weighted by Crippen LogP contribution is 2.31. The van der Waals surface area contributed by atoms with E-state index in [-0.39, 0.29) is 17.0 Å². The third-order valence-electron chi connectivity index (χ3n) is 2.18. The van der Waals surface area contributed by atoms with Gasteiger partial charge in [0.25, 0.3) is 0 Å². The topological polar surface area (TPSA) is 52.3 Å². The molecular formula is C10H10FNO2. The lowest BCUT2D eigenvalue weighted by Gasteiger charge is -2.08. The van der Waals surface area contributed by atoms with Gasteiger partial charge in [-0.05, 0) is 12.5 Å². The molecule has 3 nitrogen and oxygen atoms in total. The van der Waals surface area contributed by atoms with E-state index in [9.17, 15) is 9.18 Å². The molecule has 0 fully saturated rings. The zero-order valence-electron chi connectivity index (χ0n) is 7.55. The van der Waals surface area contributed by atoms with E-state index < -0.39 is 5.82 Å². The number of nitrogen functional groups attached to an aromatic ring is 1. The summed E-state index contributed by atoms with van der Waals surface area (Å²) in [6.07, 6.45) is 1.03. The van der Waals surface area contributed by atoms with Crippen molar-refractivity contribution in [2.45, 2.75) is 12.8 Å². The Labute approximate surface area is 80.7 Å². The molecule has 0 amide bonds. The van der Waals surface area contributed by atoms with Gasteiger partial charge in [-0.25, -0.2) is 4.39 Å². The van der Waals surface area contributed by atoms with Crippen molar-refractivity contribution in [2.75, 3.05) is 12.3 Å². The van der Waals surface area contributed by atoms with Crippen molar-refractivity contribution < 1.29 is 13.9 Å². The summed E-state index contributed by atoms with van der Waals surface area (Å²) in [5.41, 5.74) is 6.01. The quantitative estimate of drug-likeness (QED) is 0.642. The molecule has 2 N–H and O–H groups in total. The molecule has 0 radical (unpaired) electrons. The van der Waals surface area contributed by atoms with Gasteiger partial charge < -0.3 is 10.5 Å². The van der Waals surface area contributed by atoms with Crippen LogP contribution in [0.3, 0.4) is 0 Å². The van der Waals surface area contributed by atoms with Crippen LogP contribution in [0.2, 0.25) is 0 Å². The van der Waals surface area contributed by atoms with Crippen molar-refractivity contribution in [3.63, 3.8) is 0 Å². The predicted octanol–water partition coefficient (Wildman–Crippen LogP) is 1.76. The van der Waals surface area contributed by atoms with Gasteiger partial charge in [-0.3, -0.25) is 4.79 Å². The van der Waals surface area contributed by atoms with Crippen LogP contribution < -0.4 is 10.5 Å². The number of ketones is 1. The molecule has 1 aromatic rings. The Hall–Kier alpha value is -1.58. The summed E-state index contributed by atoms with van der Waals surface area (Å²) in [4.78, 5) is 11.5. The number of carbonyl (C=O) groups is 1. The number of carbonyl (C=O) groups excluding carboxylic acids is 1. The fourth-order valence-corrected chi connectivity index (χ4v) is 1.52. The van der Waals surface area contributed by atoms with Crippen LogP contribution in [0, 0.1) is 5.82 Å². The average Bonchev–Trinajstić information content (AvgIpc) is 2.29. The standard InChI is InChI=1S/C10H10FNO2/c11-6-4-7-9(13)2-1-3-14-10(7)8(12)5-6/h4-5H,1-3,12H2. The van der Waals surface area contributed by atoms with Crippen LogP contribution in [0.25, 0.3) is 0 Å². The Morgan fingerprint density at radius 1 is 1.43 bits per heavy atom. The molecule has 0 unspecified atom stereocenters. The third kappa shape index (κ3) is 1.43. The monoisotopic (exact) mass is 195 g/mol. The van der Waals surface area contributed by atoms with E-state index in [1.807, 2.05) is 0 Å². The van der Waals surface area contributed by atoms with Crippen LogP contribution >= 0.6 is 0 Å².